The van der Waals surface area contributed by atoms with Crippen molar-refractivity contribution in [3.8, 4) is 5.75 Å². The minimum atomic E-state index is -0.853. The van der Waals surface area contributed by atoms with E-state index in [1.807, 2.05) is 0 Å². The second kappa shape index (κ2) is 5.65. The molecule has 18 heavy (non-hydrogen) atoms. The zero-order valence-electron chi connectivity index (χ0n) is 10.6. The van der Waals surface area contributed by atoms with Crippen LogP contribution >= 0.6 is 0 Å². The highest BCUT2D eigenvalue weighted by Gasteiger charge is 2.38. The van der Waals surface area contributed by atoms with Crippen LogP contribution < -0.4 is 10.1 Å². The first-order chi connectivity index (χ1) is 8.65. The molecule has 4 heteroatoms. The fraction of sp³-hybridized carbons (Fsp3) is 0.571. The largest absolute Gasteiger partial charge is 0.487 e. The molecular formula is C14H19F2NO. The van der Waals surface area contributed by atoms with Gasteiger partial charge in [0.15, 0.2) is 11.6 Å². The maximum Gasteiger partial charge on any atom is 0.162 e. The van der Waals surface area contributed by atoms with E-state index in [0.717, 1.165) is 50.9 Å². The third-order valence-corrected chi connectivity index (χ3v) is 3.50. The van der Waals surface area contributed by atoms with E-state index in [1.54, 1.807) is 0 Å². The van der Waals surface area contributed by atoms with Crippen LogP contribution in [0.2, 0.25) is 0 Å². The summed E-state index contributed by atoms with van der Waals surface area (Å²) in [6.45, 7) is 3.88. The molecular weight excluding hydrogens is 236 g/mol. The summed E-state index contributed by atoms with van der Waals surface area (Å²) in [5.41, 5.74) is -0.188. The minimum Gasteiger partial charge on any atom is -0.487 e. The monoisotopic (exact) mass is 255 g/mol. The molecule has 0 heterocycles. The van der Waals surface area contributed by atoms with Gasteiger partial charge in [0.05, 0.1) is 0 Å². The Hall–Kier alpha value is -1.16. The van der Waals surface area contributed by atoms with Crippen molar-refractivity contribution in [2.45, 2.75) is 38.2 Å². The average molecular weight is 255 g/mol. The van der Waals surface area contributed by atoms with Crippen LogP contribution in [-0.2, 0) is 0 Å². The summed E-state index contributed by atoms with van der Waals surface area (Å²) >= 11 is 0. The van der Waals surface area contributed by atoms with Gasteiger partial charge in [0.1, 0.15) is 11.4 Å². The van der Waals surface area contributed by atoms with E-state index in [1.165, 1.54) is 6.07 Å². The molecule has 1 aliphatic rings. The Morgan fingerprint density at radius 2 is 2.06 bits per heavy atom. The molecule has 100 valence electrons. The average Bonchev–Trinajstić information content (AvgIpc) is 2.31. The molecule has 0 radical (unpaired) electrons. The number of ether oxygens (including phenoxy) is 1. The van der Waals surface area contributed by atoms with Gasteiger partial charge in [0.25, 0.3) is 0 Å². The van der Waals surface area contributed by atoms with E-state index in [9.17, 15) is 8.78 Å². The van der Waals surface area contributed by atoms with Gasteiger partial charge in [0, 0.05) is 6.07 Å². The highest BCUT2D eigenvalue weighted by atomic mass is 19.2. The van der Waals surface area contributed by atoms with E-state index >= 15 is 0 Å². The fourth-order valence-corrected chi connectivity index (χ4v) is 2.26. The second-order valence-electron chi connectivity index (χ2n) is 4.82. The molecule has 1 aromatic carbocycles. The first-order valence-electron chi connectivity index (χ1n) is 6.50. The van der Waals surface area contributed by atoms with Crippen LogP contribution in [0.15, 0.2) is 18.2 Å². The zero-order valence-corrected chi connectivity index (χ0v) is 10.6. The van der Waals surface area contributed by atoms with Crippen molar-refractivity contribution in [3.05, 3.63) is 29.8 Å². The van der Waals surface area contributed by atoms with Gasteiger partial charge in [0.2, 0.25) is 0 Å². The molecule has 0 aliphatic heterocycles. The Kier molecular flexibility index (Phi) is 4.17. The van der Waals surface area contributed by atoms with Crippen LogP contribution in [0.25, 0.3) is 0 Å². The second-order valence-corrected chi connectivity index (χ2v) is 4.82. The van der Waals surface area contributed by atoms with Crippen LogP contribution in [0.3, 0.4) is 0 Å². The number of rotatable bonds is 6. The van der Waals surface area contributed by atoms with Crippen molar-refractivity contribution in [1.82, 2.24) is 5.32 Å². The van der Waals surface area contributed by atoms with Gasteiger partial charge < -0.3 is 10.1 Å². The molecule has 1 fully saturated rings. The summed E-state index contributed by atoms with van der Waals surface area (Å²) < 4.78 is 31.8. The third-order valence-electron chi connectivity index (χ3n) is 3.50. The van der Waals surface area contributed by atoms with Crippen LogP contribution in [0.4, 0.5) is 8.78 Å². The van der Waals surface area contributed by atoms with Crippen LogP contribution in [0.5, 0.6) is 5.75 Å². The van der Waals surface area contributed by atoms with E-state index in [2.05, 4.69) is 12.2 Å². The maximum absolute atomic E-state index is 13.1. The third kappa shape index (κ3) is 2.99. The summed E-state index contributed by atoms with van der Waals surface area (Å²) in [4.78, 5) is 0. The van der Waals surface area contributed by atoms with Crippen molar-refractivity contribution < 1.29 is 13.5 Å². The predicted octanol–water partition coefficient (Wildman–Crippen LogP) is 3.27. The Labute approximate surface area is 106 Å². The van der Waals surface area contributed by atoms with Gasteiger partial charge >= 0.3 is 0 Å². The zero-order chi connectivity index (χ0) is 13.0. The number of halogens is 2. The predicted molar refractivity (Wildman–Crippen MR) is 66.7 cm³/mol. The Bertz CT molecular complexity index is 405. The lowest BCUT2D eigenvalue weighted by atomic mass is 9.77. The Balaban J connectivity index is 1.98. The summed E-state index contributed by atoms with van der Waals surface area (Å²) in [6.07, 6.45) is 4.00. The van der Waals surface area contributed by atoms with Gasteiger partial charge in [-0.15, -0.1) is 0 Å². The molecule has 1 aliphatic carbocycles. The van der Waals surface area contributed by atoms with E-state index < -0.39 is 11.6 Å². The Morgan fingerprint density at radius 1 is 1.28 bits per heavy atom. The van der Waals surface area contributed by atoms with Gasteiger partial charge in [-0.05, 0) is 50.9 Å². The van der Waals surface area contributed by atoms with Crippen molar-refractivity contribution in [2.24, 2.45) is 0 Å². The highest BCUT2D eigenvalue weighted by Crippen LogP contribution is 2.39. The van der Waals surface area contributed by atoms with Crippen molar-refractivity contribution in [2.75, 3.05) is 13.1 Å². The first-order valence-corrected chi connectivity index (χ1v) is 6.50. The lowest BCUT2D eigenvalue weighted by Crippen LogP contribution is -2.45. The number of benzene rings is 1. The summed E-state index contributed by atoms with van der Waals surface area (Å²) in [5.74, 6) is -1.27. The van der Waals surface area contributed by atoms with E-state index in [0.29, 0.717) is 5.75 Å². The molecule has 0 atom stereocenters. The highest BCUT2D eigenvalue weighted by molar-refractivity contribution is 5.25. The molecule has 1 aromatic rings. The van der Waals surface area contributed by atoms with Crippen molar-refractivity contribution >= 4 is 0 Å². The lowest BCUT2D eigenvalue weighted by Gasteiger charge is -2.42. The molecule has 0 saturated heterocycles. The van der Waals surface area contributed by atoms with Gasteiger partial charge in [-0.25, -0.2) is 8.78 Å². The number of hydrogen-bond donors (Lipinski definition) is 1. The van der Waals surface area contributed by atoms with Gasteiger partial charge in [-0.3, -0.25) is 0 Å². The lowest BCUT2D eigenvalue weighted by molar-refractivity contribution is -0.0144. The quantitative estimate of drug-likeness (QED) is 0.788. The summed E-state index contributed by atoms with van der Waals surface area (Å²) in [6, 6.07) is 3.73. The van der Waals surface area contributed by atoms with Gasteiger partial charge in [-0.2, -0.15) is 0 Å². The molecule has 2 nitrogen and oxygen atoms in total. The molecule has 2 rings (SSSR count). The molecule has 0 aromatic heterocycles. The SMILES string of the molecule is CCNCCC1(Oc2ccc(F)c(F)c2)CCC1. The normalized spacial score (nSPS) is 17.3. The molecule has 1 saturated carbocycles. The number of hydrogen-bond acceptors (Lipinski definition) is 2. The smallest absolute Gasteiger partial charge is 0.162 e. The molecule has 0 amide bonds. The molecule has 0 unspecified atom stereocenters. The van der Waals surface area contributed by atoms with Crippen molar-refractivity contribution in [3.63, 3.8) is 0 Å². The van der Waals surface area contributed by atoms with E-state index in [4.69, 9.17) is 4.74 Å². The van der Waals surface area contributed by atoms with Crippen molar-refractivity contribution in [1.29, 1.82) is 0 Å². The molecule has 1 N–H and O–H groups in total. The Morgan fingerprint density at radius 3 is 2.61 bits per heavy atom. The topological polar surface area (TPSA) is 21.3 Å². The summed E-state index contributed by atoms with van der Waals surface area (Å²) in [7, 11) is 0. The minimum absolute atomic E-state index is 0.188. The van der Waals surface area contributed by atoms with Gasteiger partial charge in [-0.1, -0.05) is 6.92 Å². The van der Waals surface area contributed by atoms with Crippen LogP contribution in [0.1, 0.15) is 32.6 Å². The summed E-state index contributed by atoms with van der Waals surface area (Å²) in [5, 5.41) is 3.26. The van der Waals surface area contributed by atoms with Crippen LogP contribution in [-0.4, -0.2) is 18.7 Å². The maximum atomic E-state index is 13.1. The number of nitrogens with one attached hydrogen (secondary N) is 1. The van der Waals surface area contributed by atoms with Crippen LogP contribution in [0, 0.1) is 11.6 Å². The molecule has 0 bridgehead atoms. The first kappa shape index (κ1) is 13.3. The van der Waals surface area contributed by atoms with E-state index in [-0.39, 0.29) is 5.60 Å². The standard InChI is InChI=1S/C14H19F2NO/c1-2-17-9-8-14(6-3-7-14)18-11-4-5-12(15)13(16)10-11/h4-5,10,17H,2-3,6-9H2,1H3. The fourth-order valence-electron chi connectivity index (χ4n) is 2.26. The molecule has 0 spiro atoms.